The molecule has 2 amide bonds. The number of carboxylic acids is 1. The lowest BCUT2D eigenvalue weighted by molar-refractivity contribution is -0.139. The maximum absolute atomic E-state index is 12.0. The minimum Gasteiger partial charge on any atom is -0.480 e. The molecule has 0 aliphatic carbocycles. The third-order valence-electron chi connectivity index (χ3n) is 3.27. The summed E-state index contributed by atoms with van der Waals surface area (Å²) >= 11 is 0. The van der Waals surface area contributed by atoms with E-state index in [1.54, 1.807) is 25.1 Å². The van der Waals surface area contributed by atoms with Gasteiger partial charge in [0, 0.05) is 17.7 Å². The lowest BCUT2D eigenvalue weighted by Crippen LogP contribution is -2.40. The Labute approximate surface area is 116 Å². The van der Waals surface area contributed by atoms with Crippen molar-refractivity contribution in [1.29, 1.82) is 0 Å². The molecule has 1 aromatic rings. The Balaban J connectivity index is 2.15. The predicted octanol–water partition coefficient (Wildman–Crippen LogP) is 1.16. The van der Waals surface area contributed by atoms with Crippen molar-refractivity contribution in [3.63, 3.8) is 0 Å². The highest BCUT2D eigenvalue weighted by atomic mass is 16.4. The molecule has 3 N–H and O–H groups in total. The zero-order valence-corrected chi connectivity index (χ0v) is 11.1. The van der Waals surface area contributed by atoms with Crippen LogP contribution < -0.4 is 10.6 Å². The summed E-state index contributed by atoms with van der Waals surface area (Å²) in [4.78, 5) is 34.2. The molecule has 0 fully saturated rings. The minimum atomic E-state index is -1.05. The molecule has 106 valence electrons. The normalized spacial score (nSPS) is 14.9. The first-order chi connectivity index (χ1) is 9.51. The Morgan fingerprint density at radius 3 is 2.80 bits per heavy atom. The molecule has 1 atom stereocenters. The molecule has 1 unspecified atom stereocenters. The Morgan fingerprint density at radius 1 is 1.40 bits per heavy atom. The summed E-state index contributed by atoms with van der Waals surface area (Å²) in [6.45, 7) is 1.70. The largest absolute Gasteiger partial charge is 0.480 e. The van der Waals surface area contributed by atoms with E-state index in [1.165, 1.54) is 0 Å². The predicted molar refractivity (Wildman–Crippen MR) is 72.6 cm³/mol. The third kappa shape index (κ3) is 2.96. The van der Waals surface area contributed by atoms with E-state index >= 15 is 0 Å². The molecule has 0 aromatic heterocycles. The van der Waals surface area contributed by atoms with Gasteiger partial charge in [0.05, 0.1) is 0 Å². The Bertz CT molecular complexity index is 568. The van der Waals surface area contributed by atoms with Crippen LogP contribution in [-0.4, -0.2) is 28.9 Å². The molecule has 1 aliphatic heterocycles. The first-order valence-corrected chi connectivity index (χ1v) is 6.47. The number of carboxylic acid groups (broad SMARTS) is 1. The molecule has 2 rings (SSSR count). The van der Waals surface area contributed by atoms with E-state index in [2.05, 4.69) is 10.6 Å². The van der Waals surface area contributed by atoms with Crippen LogP contribution in [0.1, 0.15) is 35.7 Å². The van der Waals surface area contributed by atoms with Gasteiger partial charge in [-0.2, -0.15) is 0 Å². The fraction of sp³-hybridized carbons (Fsp3) is 0.357. The lowest BCUT2D eigenvalue weighted by Gasteiger charge is -2.18. The van der Waals surface area contributed by atoms with Crippen LogP contribution in [-0.2, 0) is 16.0 Å². The van der Waals surface area contributed by atoms with E-state index in [-0.39, 0.29) is 5.91 Å². The molecule has 6 nitrogen and oxygen atoms in total. The standard InChI is InChI=1S/C14H16N2O4/c1-2-10(14(19)20)16-13(18)9-3-5-11-8(7-9)4-6-12(17)15-11/h3,5,7,10H,2,4,6H2,1H3,(H,15,17)(H,16,18)(H,19,20). The second-order valence-corrected chi connectivity index (χ2v) is 4.69. The van der Waals surface area contributed by atoms with Gasteiger partial charge in [0.15, 0.2) is 0 Å². The average Bonchev–Trinajstić information content (AvgIpc) is 2.43. The smallest absolute Gasteiger partial charge is 0.326 e. The fourth-order valence-corrected chi connectivity index (χ4v) is 2.10. The monoisotopic (exact) mass is 276 g/mol. The Hall–Kier alpha value is -2.37. The molecule has 0 radical (unpaired) electrons. The van der Waals surface area contributed by atoms with E-state index in [0.717, 1.165) is 5.56 Å². The summed E-state index contributed by atoms with van der Waals surface area (Å²) in [6, 6.07) is 4.05. The number of aliphatic carboxylic acids is 1. The summed E-state index contributed by atoms with van der Waals surface area (Å²) in [5, 5.41) is 14.1. The van der Waals surface area contributed by atoms with Gasteiger partial charge in [-0.3, -0.25) is 9.59 Å². The summed E-state index contributed by atoms with van der Waals surface area (Å²) < 4.78 is 0. The van der Waals surface area contributed by atoms with Crippen molar-refractivity contribution in [1.82, 2.24) is 5.32 Å². The number of hydrogen-bond acceptors (Lipinski definition) is 3. The van der Waals surface area contributed by atoms with Crippen molar-refractivity contribution in [2.75, 3.05) is 5.32 Å². The summed E-state index contributed by atoms with van der Waals surface area (Å²) in [5.41, 5.74) is 2.00. The van der Waals surface area contributed by atoms with Crippen LogP contribution in [0.4, 0.5) is 5.69 Å². The Morgan fingerprint density at radius 2 is 2.15 bits per heavy atom. The first-order valence-electron chi connectivity index (χ1n) is 6.47. The van der Waals surface area contributed by atoms with E-state index in [4.69, 9.17) is 5.11 Å². The van der Waals surface area contributed by atoms with Crippen LogP contribution in [0.25, 0.3) is 0 Å². The molecule has 1 heterocycles. The number of carbonyl (C=O) groups excluding carboxylic acids is 2. The highest BCUT2D eigenvalue weighted by Crippen LogP contribution is 2.23. The molecule has 0 bridgehead atoms. The van der Waals surface area contributed by atoms with Crippen LogP contribution >= 0.6 is 0 Å². The van der Waals surface area contributed by atoms with Crippen LogP contribution in [0.5, 0.6) is 0 Å². The summed E-state index contributed by atoms with van der Waals surface area (Å²) in [6.07, 6.45) is 1.30. The number of fused-ring (bicyclic) bond motifs is 1. The van der Waals surface area contributed by atoms with Crippen molar-refractivity contribution in [3.05, 3.63) is 29.3 Å². The topological polar surface area (TPSA) is 95.5 Å². The fourth-order valence-electron chi connectivity index (χ4n) is 2.10. The number of anilines is 1. The number of nitrogens with one attached hydrogen (secondary N) is 2. The number of benzene rings is 1. The van der Waals surface area contributed by atoms with Crippen molar-refractivity contribution in [2.45, 2.75) is 32.2 Å². The number of aryl methyl sites for hydroxylation is 1. The van der Waals surface area contributed by atoms with Gasteiger partial charge in [0.2, 0.25) is 5.91 Å². The van der Waals surface area contributed by atoms with Gasteiger partial charge in [-0.1, -0.05) is 6.92 Å². The van der Waals surface area contributed by atoms with Crippen molar-refractivity contribution in [2.24, 2.45) is 0 Å². The third-order valence-corrected chi connectivity index (χ3v) is 3.27. The summed E-state index contributed by atoms with van der Waals surface area (Å²) in [5.74, 6) is -1.50. The zero-order valence-electron chi connectivity index (χ0n) is 11.1. The van der Waals surface area contributed by atoms with Gasteiger partial charge in [-0.05, 0) is 36.6 Å². The lowest BCUT2D eigenvalue weighted by atomic mass is 10.00. The molecule has 1 aliphatic rings. The van der Waals surface area contributed by atoms with Gasteiger partial charge in [0.25, 0.3) is 5.91 Å². The number of carbonyl (C=O) groups is 3. The SMILES string of the molecule is CCC(NC(=O)c1ccc2c(c1)CCC(=O)N2)C(=O)O. The highest BCUT2D eigenvalue weighted by Gasteiger charge is 2.20. The molecule has 6 heteroatoms. The zero-order chi connectivity index (χ0) is 14.7. The Kier molecular flexibility index (Phi) is 4.02. The number of amides is 2. The molecule has 1 aromatic carbocycles. The van der Waals surface area contributed by atoms with E-state index in [0.29, 0.717) is 30.5 Å². The maximum atomic E-state index is 12.0. The average molecular weight is 276 g/mol. The highest BCUT2D eigenvalue weighted by molar-refractivity contribution is 5.99. The quantitative estimate of drug-likeness (QED) is 0.769. The van der Waals surface area contributed by atoms with Crippen molar-refractivity contribution in [3.8, 4) is 0 Å². The molecule has 20 heavy (non-hydrogen) atoms. The summed E-state index contributed by atoms with van der Waals surface area (Å²) in [7, 11) is 0. The van der Waals surface area contributed by atoms with Crippen molar-refractivity contribution < 1.29 is 19.5 Å². The van der Waals surface area contributed by atoms with Crippen LogP contribution in [0, 0.1) is 0 Å². The number of rotatable bonds is 4. The molecule has 0 saturated heterocycles. The second-order valence-electron chi connectivity index (χ2n) is 4.69. The van der Waals surface area contributed by atoms with Gasteiger partial charge < -0.3 is 15.7 Å². The number of hydrogen-bond donors (Lipinski definition) is 3. The van der Waals surface area contributed by atoms with Crippen LogP contribution in [0.3, 0.4) is 0 Å². The molecule has 0 spiro atoms. The van der Waals surface area contributed by atoms with Gasteiger partial charge in [-0.15, -0.1) is 0 Å². The molecule has 0 saturated carbocycles. The van der Waals surface area contributed by atoms with E-state index in [9.17, 15) is 14.4 Å². The minimum absolute atomic E-state index is 0.0355. The van der Waals surface area contributed by atoms with E-state index < -0.39 is 17.9 Å². The maximum Gasteiger partial charge on any atom is 0.326 e. The van der Waals surface area contributed by atoms with E-state index in [1.807, 2.05) is 0 Å². The van der Waals surface area contributed by atoms with Crippen LogP contribution in [0.2, 0.25) is 0 Å². The van der Waals surface area contributed by atoms with Gasteiger partial charge in [0.1, 0.15) is 6.04 Å². The second kappa shape index (κ2) is 5.73. The molecular formula is C14H16N2O4. The van der Waals surface area contributed by atoms with Gasteiger partial charge in [-0.25, -0.2) is 4.79 Å². The van der Waals surface area contributed by atoms with Crippen molar-refractivity contribution >= 4 is 23.5 Å². The molecular weight excluding hydrogens is 260 g/mol. The first kappa shape index (κ1) is 14.0. The van der Waals surface area contributed by atoms with Crippen LogP contribution in [0.15, 0.2) is 18.2 Å². The van der Waals surface area contributed by atoms with Gasteiger partial charge >= 0.3 is 5.97 Å².